The van der Waals surface area contributed by atoms with Gasteiger partial charge in [0.05, 0.1) is 18.8 Å². The van der Waals surface area contributed by atoms with E-state index in [1.54, 1.807) is 25.3 Å². The van der Waals surface area contributed by atoms with Crippen LogP contribution >= 0.6 is 0 Å². The minimum Gasteiger partial charge on any atom is -0.495 e. The Labute approximate surface area is 131 Å². The smallest absolute Gasteiger partial charge is 0.179 e. The van der Waals surface area contributed by atoms with Gasteiger partial charge in [-0.2, -0.15) is 0 Å². The van der Waals surface area contributed by atoms with Crippen LogP contribution in [-0.2, 0) is 6.42 Å². The molecule has 4 nitrogen and oxygen atoms in total. The normalized spacial score (nSPS) is 11.9. The zero-order valence-electron chi connectivity index (χ0n) is 13.0. The molecule has 2 aromatic carbocycles. The van der Waals surface area contributed by atoms with E-state index >= 15 is 0 Å². The van der Waals surface area contributed by atoms with Gasteiger partial charge < -0.3 is 15.8 Å². The summed E-state index contributed by atoms with van der Waals surface area (Å²) in [4.78, 5) is 12.4. The van der Waals surface area contributed by atoms with Gasteiger partial charge in [0.1, 0.15) is 5.75 Å². The Morgan fingerprint density at radius 2 is 1.95 bits per heavy atom. The van der Waals surface area contributed by atoms with Crippen molar-refractivity contribution in [1.29, 1.82) is 0 Å². The molecule has 0 heterocycles. The quantitative estimate of drug-likeness (QED) is 0.609. The van der Waals surface area contributed by atoms with E-state index in [9.17, 15) is 4.79 Å². The third-order valence-electron chi connectivity index (χ3n) is 3.61. The standard InChI is InChI=1S/C18H22N2O2/c1-13(20-11-10-14-6-4-3-5-7-14)18(21)15-8-9-17(22-2)16(19)12-15/h3-9,12-13,20H,10-11,19H2,1-2H3. The van der Waals surface area contributed by atoms with Crippen molar-refractivity contribution in [2.24, 2.45) is 0 Å². The zero-order valence-corrected chi connectivity index (χ0v) is 13.0. The molecule has 0 aromatic heterocycles. The maximum absolute atomic E-state index is 12.4. The van der Waals surface area contributed by atoms with E-state index in [0.29, 0.717) is 17.0 Å². The van der Waals surface area contributed by atoms with Crippen LogP contribution in [0.2, 0.25) is 0 Å². The lowest BCUT2D eigenvalue weighted by Gasteiger charge is -2.14. The van der Waals surface area contributed by atoms with Gasteiger partial charge in [-0.25, -0.2) is 0 Å². The van der Waals surface area contributed by atoms with E-state index in [2.05, 4.69) is 17.4 Å². The summed E-state index contributed by atoms with van der Waals surface area (Å²) in [6.07, 6.45) is 0.892. The number of carbonyl (C=O) groups excluding carboxylic acids is 1. The van der Waals surface area contributed by atoms with Gasteiger partial charge in [-0.3, -0.25) is 4.79 Å². The molecule has 2 aromatic rings. The molecule has 0 radical (unpaired) electrons. The number of nitrogen functional groups attached to an aromatic ring is 1. The molecule has 0 saturated heterocycles. The lowest BCUT2D eigenvalue weighted by atomic mass is 10.0. The lowest BCUT2D eigenvalue weighted by molar-refractivity contribution is 0.0951. The number of hydrogen-bond donors (Lipinski definition) is 2. The number of anilines is 1. The Morgan fingerprint density at radius 3 is 2.59 bits per heavy atom. The third-order valence-corrected chi connectivity index (χ3v) is 3.61. The minimum absolute atomic E-state index is 0.0300. The Balaban J connectivity index is 1.90. The highest BCUT2D eigenvalue weighted by Gasteiger charge is 2.15. The third kappa shape index (κ3) is 4.09. The number of hydrogen-bond acceptors (Lipinski definition) is 4. The molecule has 22 heavy (non-hydrogen) atoms. The fourth-order valence-corrected chi connectivity index (χ4v) is 2.31. The fourth-order valence-electron chi connectivity index (χ4n) is 2.31. The molecule has 0 saturated carbocycles. The number of methoxy groups -OCH3 is 1. The second kappa shape index (κ2) is 7.61. The van der Waals surface area contributed by atoms with Crippen LogP contribution in [0.3, 0.4) is 0 Å². The molecule has 0 aliphatic rings. The van der Waals surface area contributed by atoms with Crippen LogP contribution in [0, 0.1) is 0 Å². The number of ketones is 1. The SMILES string of the molecule is COc1ccc(C(=O)C(C)NCCc2ccccc2)cc1N. The van der Waals surface area contributed by atoms with Crippen LogP contribution in [0.5, 0.6) is 5.75 Å². The number of rotatable bonds is 7. The largest absolute Gasteiger partial charge is 0.495 e. The highest BCUT2D eigenvalue weighted by atomic mass is 16.5. The molecule has 0 bridgehead atoms. The first-order chi connectivity index (χ1) is 10.6. The van der Waals surface area contributed by atoms with Crippen molar-refractivity contribution in [3.05, 3.63) is 59.7 Å². The summed E-state index contributed by atoms with van der Waals surface area (Å²) in [6, 6.07) is 15.1. The van der Waals surface area contributed by atoms with Gasteiger partial charge >= 0.3 is 0 Å². The molecule has 116 valence electrons. The second-order valence-electron chi connectivity index (χ2n) is 5.23. The number of nitrogens with one attached hydrogen (secondary N) is 1. The van der Waals surface area contributed by atoms with E-state index in [-0.39, 0.29) is 11.8 Å². The van der Waals surface area contributed by atoms with Crippen LogP contribution < -0.4 is 15.8 Å². The van der Waals surface area contributed by atoms with Crippen molar-refractivity contribution in [2.75, 3.05) is 19.4 Å². The average molecular weight is 298 g/mol. The topological polar surface area (TPSA) is 64.3 Å². The van der Waals surface area contributed by atoms with E-state index in [4.69, 9.17) is 10.5 Å². The van der Waals surface area contributed by atoms with Crippen molar-refractivity contribution in [2.45, 2.75) is 19.4 Å². The van der Waals surface area contributed by atoms with E-state index in [0.717, 1.165) is 13.0 Å². The maximum Gasteiger partial charge on any atom is 0.179 e. The molecule has 0 aliphatic heterocycles. The van der Waals surface area contributed by atoms with Gasteiger partial charge in [0, 0.05) is 5.56 Å². The van der Waals surface area contributed by atoms with Crippen LogP contribution in [0.4, 0.5) is 5.69 Å². The number of Topliss-reactive ketones (excluding diaryl/α,β-unsaturated/α-hetero) is 1. The number of ether oxygens (including phenoxy) is 1. The predicted octanol–water partition coefficient (Wildman–Crippen LogP) is 2.68. The Bertz CT molecular complexity index is 626. The Kier molecular flexibility index (Phi) is 5.55. The van der Waals surface area contributed by atoms with Crippen molar-refractivity contribution in [3.63, 3.8) is 0 Å². The van der Waals surface area contributed by atoms with Crippen molar-refractivity contribution in [1.82, 2.24) is 5.32 Å². The molecule has 0 spiro atoms. The van der Waals surface area contributed by atoms with Crippen LogP contribution in [0.15, 0.2) is 48.5 Å². The summed E-state index contributed by atoms with van der Waals surface area (Å²) in [7, 11) is 1.56. The van der Waals surface area contributed by atoms with Crippen molar-refractivity contribution >= 4 is 11.5 Å². The molecule has 4 heteroatoms. The zero-order chi connectivity index (χ0) is 15.9. The summed E-state index contributed by atoms with van der Waals surface area (Å²) in [5.74, 6) is 0.614. The highest BCUT2D eigenvalue weighted by molar-refractivity contribution is 6.00. The lowest BCUT2D eigenvalue weighted by Crippen LogP contribution is -2.35. The van der Waals surface area contributed by atoms with Crippen LogP contribution in [0.25, 0.3) is 0 Å². The maximum atomic E-state index is 12.4. The highest BCUT2D eigenvalue weighted by Crippen LogP contribution is 2.22. The molecule has 3 N–H and O–H groups in total. The Morgan fingerprint density at radius 1 is 1.23 bits per heavy atom. The molecule has 0 fully saturated rings. The van der Waals surface area contributed by atoms with Gasteiger partial charge in [0.15, 0.2) is 5.78 Å². The first-order valence-electron chi connectivity index (χ1n) is 7.37. The summed E-state index contributed by atoms with van der Waals surface area (Å²) in [5.41, 5.74) is 8.17. The Hall–Kier alpha value is -2.33. The molecular formula is C18H22N2O2. The number of benzene rings is 2. The van der Waals surface area contributed by atoms with Crippen LogP contribution in [0.1, 0.15) is 22.8 Å². The average Bonchev–Trinajstić information content (AvgIpc) is 2.55. The fraction of sp³-hybridized carbons (Fsp3) is 0.278. The van der Waals surface area contributed by atoms with Gasteiger partial charge in [-0.15, -0.1) is 0 Å². The van der Waals surface area contributed by atoms with Gasteiger partial charge in [0.2, 0.25) is 0 Å². The summed E-state index contributed by atoms with van der Waals surface area (Å²) in [6.45, 7) is 2.62. The minimum atomic E-state index is -0.253. The summed E-state index contributed by atoms with van der Waals surface area (Å²) < 4.78 is 5.10. The van der Waals surface area contributed by atoms with E-state index in [1.165, 1.54) is 5.56 Å². The van der Waals surface area contributed by atoms with E-state index in [1.807, 2.05) is 25.1 Å². The molecule has 1 unspecified atom stereocenters. The van der Waals surface area contributed by atoms with Crippen LogP contribution in [-0.4, -0.2) is 25.5 Å². The molecule has 0 amide bonds. The van der Waals surface area contributed by atoms with E-state index < -0.39 is 0 Å². The predicted molar refractivity (Wildman–Crippen MR) is 89.3 cm³/mol. The van der Waals surface area contributed by atoms with Gasteiger partial charge in [-0.1, -0.05) is 30.3 Å². The summed E-state index contributed by atoms with van der Waals surface area (Å²) in [5, 5.41) is 3.26. The first kappa shape index (κ1) is 16.0. The van der Waals surface area contributed by atoms with Crippen molar-refractivity contribution < 1.29 is 9.53 Å². The van der Waals surface area contributed by atoms with Gasteiger partial charge in [-0.05, 0) is 43.7 Å². The molecule has 2 rings (SSSR count). The molecule has 1 atom stereocenters. The molecular weight excluding hydrogens is 276 g/mol. The van der Waals surface area contributed by atoms with Crippen molar-refractivity contribution in [3.8, 4) is 5.75 Å². The van der Waals surface area contributed by atoms with Gasteiger partial charge in [0.25, 0.3) is 0 Å². The second-order valence-corrected chi connectivity index (χ2v) is 5.23. The molecule has 0 aliphatic carbocycles. The number of nitrogens with two attached hydrogens (primary N) is 1. The summed E-state index contributed by atoms with van der Waals surface area (Å²) >= 11 is 0. The first-order valence-corrected chi connectivity index (χ1v) is 7.37. The number of carbonyl (C=O) groups is 1. The monoisotopic (exact) mass is 298 g/mol.